The molecular weight excluding hydrogens is 372 g/mol. The Morgan fingerprint density at radius 2 is 2.05 bits per heavy atom. The van der Waals surface area contributed by atoms with Gasteiger partial charge in [0.05, 0.1) is 16.4 Å². The largest absolute Gasteiger partial charge is 0.278 e. The molecule has 0 atom stereocenters. The van der Waals surface area contributed by atoms with Gasteiger partial charge in [0, 0.05) is 9.75 Å². The third kappa shape index (κ3) is 3.28. The van der Waals surface area contributed by atoms with E-state index in [-0.39, 0.29) is 5.15 Å². The van der Waals surface area contributed by atoms with Crippen molar-refractivity contribution in [3.8, 4) is 0 Å². The predicted octanol–water partition coefficient (Wildman–Crippen LogP) is 3.98. The third-order valence-electron chi connectivity index (χ3n) is 2.33. The smallest absolute Gasteiger partial charge is 0.263 e. The van der Waals surface area contributed by atoms with Crippen molar-refractivity contribution in [3.05, 3.63) is 37.7 Å². The highest BCUT2D eigenvalue weighted by Gasteiger charge is 2.19. The van der Waals surface area contributed by atoms with E-state index in [0.717, 1.165) is 9.75 Å². The van der Waals surface area contributed by atoms with Crippen molar-refractivity contribution in [2.24, 2.45) is 0 Å². The van der Waals surface area contributed by atoms with Crippen LogP contribution in [0.1, 0.15) is 9.75 Å². The zero-order valence-corrected chi connectivity index (χ0v) is 14.0. The lowest BCUT2D eigenvalue weighted by atomic mass is 10.4. The molecule has 0 amide bonds. The lowest BCUT2D eigenvalue weighted by molar-refractivity contribution is 0.601. The average molecular weight is 382 g/mol. The summed E-state index contributed by atoms with van der Waals surface area (Å²) < 4.78 is 27.5. The summed E-state index contributed by atoms with van der Waals surface area (Å²) in [5.74, 6) is 0. The van der Waals surface area contributed by atoms with Crippen LogP contribution in [0.25, 0.3) is 0 Å². The molecule has 2 aromatic rings. The van der Waals surface area contributed by atoms with E-state index in [0.29, 0.717) is 15.1 Å². The first-order valence-electron chi connectivity index (χ1n) is 5.20. The quantitative estimate of drug-likeness (QED) is 0.818. The molecule has 0 unspecified atom stereocenters. The second-order valence-electron chi connectivity index (χ2n) is 3.88. The Balaban J connectivity index is 2.36. The fourth-order valence-electron chi connectivity index (χ4n) is 1.56. The molecule has 0 bridgehead atoms. The van der Waals surface area contributed by atoms with Gasteiger partial charge in [-0.2, -0.15) is 0 Å². The van der Waals surface area contributed by atoms with Crippen LogP contribution in [0.15, 0.2) is 27.7 Å². The summed E-state index contributed by atoms with van der Waals surface area (Å²) in [4.78, 5) is 5.88. The van der Waals surface area contributed by atoms with Gasteiger partial charge in [-0.3, -0.25) is 4.72 Å². The van der Waals surface area contributed by atoms with Crippen molar-refractivity contribution in [2.75, 3.05) is 4.72 Å². The minimum Gasteiger partial charge on any atom is -0.278 e. The number of thiophene rings is 1. The molecule has 0 spiro atoms. The molecule has 0 saturated heterocycles. The van der Waals surface area contributed by atoms with Gasteiger partial charge in [0.2, 0.25) is 0 Å². The van der Waals surface area contributed by atoms with E-state index in [1.165, 1.54) is 17.5 Å². The van der Waals surface area contributed by atoms with Gasteiger partial charge in [0.15, 0.2) is 0 Å². The summed E-state index contributed by atoms with van der Waals surface area (Å²) in [7, 11) is -3.60. The molecular formula is C11H10BrClN2O2S2. The Morgan fingerprint density at radius 1 is 1.37 bits per heavy atom. The fourth-order valence-corrected chi connectivity index (χ4v) is 4.60. The Morgan fingerprint density at radius 3 is 2.58 bits per heavy atom. The minimum absolute atomic E-state index is 0.283. The molecule has 0 fully saturated rings. The normalized spacial score (nSPS) is 11.6. The number of nitrogens with zero attached hydrogens (tertiary/aromatic N) is 1. The van der Waals surface area contributed by atoms with Crippen LogP contribution in [0, 0.1) is 13.8 Å². The van der Waals surface area contributed by atoms with Crippen LogP contribution >= 0.6 is 38.9 Å². The highest BCUT2D eigenvalue weighted by molar-refractivity contribution is 9.10. The number of pyridine rings is 1. The number of hydrogen-bond donors (Lipinski definition) is 1. The number of aryl methyl sites for hydroxylation is 2. The van der Waals surface area contributed by atoms with Crippen LogP contribution in [0.3, 0.4) is 0 Å². The molecule has 0 saturated carbocycles. The first-order valence-corrected chi connectivity index (χ1v) is 8.67. The Labute approximate surface area is 129 Å². The van der Waals surface area contributed by atoms with Gasteiger partial charge in [0.1, 0.15) is 10.0 Å². The molecule has 0 aromatic carbocycles. The first-order chi connectivity index (χ1) is 8.79. The molecule has 2 aromatic heterocycles. The molecule has 102 valence electrons. The molecule has 2 heterocycles. The standard InChI is InChI=1S/C11H10BrClN2O2S2/c1-6-3-10(7(2)18-6)19(16,17)15-8-4-9(12)11(13)14-5-8/h3-5,15H,1-2H3. The zero-order chi connectivity index (χ0) is 14.2. The average Bonchev–Trinajstić information content (AvgIpc) is 2.63. The number of hydrogen-bond acceptors (Lipinski definition) is 4. The summed E-state index contributed by atoms with van der Waals surface area (Å²) in [6, 6.07) is 3.22. The summed E-state index contributed by atoms with van der Waals surface area (Å²) in [5.41, 5.74) is 0.361. The first kappa shape index (κ1) is 14.8. The van der Waals surface area contributed by atoms with Crippen LogP contribution in [0.4, 0.5) is 5.69 Å². The van der Waals surface area contributed by atoms with E-state index in [1.807, 2.05) is 6.92 Å². The zero-order valence-electron chi connectivity index (χ0n) is 10.1. The van der Waals surface area contributed by atoms with E-state index < -0.39 is 10.0 Å². The molecule has 0 radical (unpaired) electrons. The van der Waals surface area contributed by atoms with Crippen LogP contribution < -0.4 is 4.72 Å². The van der Waals surface area contributed by atoms with Crippen molar-refractivity contribution < 1.29 is 8.42 Å². The number of rotatable bonds is 3. The lowest BCUT2D eigenvalue weighted by Gasteiger charge is -2.08. The summed E-state index contributed by atoms with van der Waals surface area (Å²) in [6.07, 6.45) is 1.37. The number of anilines is 1. The monoisotopic (exact) mass is 380 g/mol. The van der Waals surface area contributed by atoms with Crippen molar-refractivity contribution >= 4 is 54.6 Å². The van der Waals surface area contributed by atoms with E-state index in [1.54, 1.807) is 19.1 Å². The molecule has 2 rings (SSSR count). The summed E-state index contributed by atoms with van der Waals surface area (Å²) >= 11 is 10.4. The second kappa shape index (κ2) is 5.40. The fraction of sp³-hybridized carbons (Fsp3) is 0.182. The Bertz CT molecular complexity index is 728. The minimum atomic E-state index is -3.60. The van der Waals surface area contributed by atoms with E-state index >= 15 is 0 Å². The SMILES string of the molecule is Cc1cc(S(=O)(=O)Nc2cnc(Cl)c(Br)c2)c(C)s1. The third-order valence-corrected chi connectivity index (χ3v) is 6.07. The van der Waals surface area contributed by atoms with E-state index in [9.17, 15) is 8.42 Å². The molecule has 1 N–H and O–H groups in total. The van der Waals surface area contributed by atoms with Crippen LogP contribution in [-0.2, 0) is 10.0 Å². The van der Waals surface area contributed by atoms with E-state index in [2.05, 4.69) is 25.6 Å². The van der Waals surface area contributed by atoms with Gasteiger partial charge >= 0.3 is 0 Å². The number of aromatic nitrogens is 1. The van der Waals surface area contributed by atoms with Crippen LogP contribution in [-0.4, -0.2) is 13.4 Å². The maximum absolute atomic E-state index is 12.3. The van der Waals surface area contributed by atoms with Crippen LogP contribution in [0.2, 0.25) is 5.15 Å². The highest BCUT2D eigenvalue weighted by Crippen LogP contribution is 2.28. The molecule has 19 heavy (non-hydrogen) atoms. The van der Waals surface area contributed by atoms with Crippen molar-refractivity contribution in [1.29, 1.82) is 0 Å². The molecule has 0 aliphatic heterocycles. The van der Waals surface area contributed by atoms with Gasteiger partial charge in [-0.1, -0.05) is 11.6 Å². The number of sulfonamides is 1. The molecule has 4 nitrogen and oxygen atoms in total. The Kier molecular flexibility index (Phi) is 4.20. The van der Waals surface area contributed by atoms with Crippen molar-refractivity contribution in [3.63, 3.8) is 0 Å². The molecule has 0 aliphatic carbocycles. The van der Waals surface area contributed by atoms with E-state index in [4.69, 9.17) is 11.6 Å². The van der Waals surface area contributed by atoms with Gasteiger partial charge in [-0.25, -0.2) is 13.4 Å². The number of halogens is 2. The Hall–Kier alpha value is -0.630. The van der Waals surface area contributed by atoms with Gasteiger partial charge in [0.25, 0.3) is 10.0 Å². The predicted molar refractivity (Wildman–Crippen MR) is 81.5 cm³/mol. The summed E-state index contributed by atoms with van der Waals surface area (Å²) in [5, 5.41) is 0.283. The van der Waals surface area contributed by atoms with Gasteiger partial charge in [-0.05, 0) is 41.9 Å². The maximum Gasteiger partial charge on any atom is 0.263 e. The molecule has 0 aliphatic rings. The van der Waals surface area contributed by atoms with Crippen LogP contribution in [0.5, 0.6) is 0 Å². The molecule has 8 heteroatoms. The van der Waals surface area contributed by atoms with Crippen molar-refractivity contribution in [1.82, 2.24) is 4.98 Å². The topological polar surface area (TPSA) is 59.1 Å². The maximum atomic E-state index is 12.3. The highest BCUT2D eigenvalue weighted by atomic mass is 79.9. The van der Waals surface area contributed by atoms with Crippen molar-refractivity contribution in [2.45, 2.75) is 18.7 Å². The van der Waals surface area contributed by atoms with Gasteiger partial charge < -0.3 is 0 Å². The summed E-state index contributed by atoms with van der Waals surface area (Å²) in [6.45, 7) is 3.65. The lowest BCUT2D eigenvalue weighted by Crippen LogP contribution is -2.13. The second-order valence-corrected chi connectivity index (χ2v) is 8.20. The number of nitrogens with one attached hydrogen (secondary N) is 1. The van der Waals surface area contributed by atoms with Gasteiger partial charge in [-0.15, -0.1) is 11.3 Å².